The molecule has 0 unspecified atom stereocenters. The Morgan fingerprint density at radius 1 is 1.57 bits per heavy atom. The maximum atomic E-state index is 12.9. The lowest BCUT2D eigenvalue weighted by molar-refractivity contribution is 0.422. The molecule has 0 aliphatic carbocycles. The van der Waals surface area contributed by atoms with Crippen LogP contribution in [0.2, 0.25) is 0 Å². The Morgan fingerprint density at radius 3 is 2.57 bits per heavy atom. The molecule has 76 valence electrons. The molecule has 0 aromatic heterocycles. The van der Waals surface area contributed by atoms with Gasteiger partial charge in [0.2, 0.25) is 0 Å². The van der Waals surface area contributed by atoms with Crippen LogP contribution in [0.1, 0.15) is 24.1 Å². The summed E-state index contributed by atoms with van der Waals surface area (Å²) in [5.41, 5.74) is 5.87. The molecule has 0 bridgehead atoms. The predicted molar refractivity (Wildman–Crippen MR) is 52.6 cm³/mol. The quantitative estimate of drug-likeness (QED) is 0.753. The van der Waals surface area contributed by atoms with E-state index in [1.165, 1.54) is 6.07 Å². The molecule has 14 heavy (non-hydrogen) atoms. The van der Waals surface area contributed by atoms with Crippen molar-refractivity contribution >= 4 is 12.4 Å². The van der Waals surface area contributed by atoms with Crippen molar-refractivity contribution in [3.8, 4) is 11.8 Å². The number of aromatic hydroxyl groups is 1. The van der Waals surface area contributed by atoms with Gasteiger partial charge in [0, 0.05) is 11.6 Å². The second-order valence-electron chi connectivity index (χ2n) is 2.80. The number of phenolic OH excluding ortho intramolecular Hbond substituents is 1. The topological polar surface area (TPSA) is 70.0 Å². The Bertz CT molecular complexity index is 374. The highest BCUT2D eigenvalue weighted by molar-refractivity contribution is 5.85. The maximum absolute atomic E-state index is 12.9. The molecular formula is C9H10ClFN2O. The zero-order chi connectivity index (χ0) is 10.0. The molecule has 0 saturated carbocycles. The van der Waals surface area contributed by atoms with E-state index in [0.717, 1.165) is 6.07 Å². The second-order valence-corrected chi connectivity index (χ2v) is 2.80. The monoisotopic (exact) mass is 216 g/mol. The van der Waals surface area contributed by atoms with Gasteiger partial charge < -0.3 is 10.8 Å². The molecule has 5 heteroatoms. The average molecular weight is 217 g/mol. The first-order valence-electron chi connectivity index (χ1n) is 3.74. The van der Waals surface area contributed by atoms with Crippen LogP contribution in [0.4, 0.5) is 4.39 Å². The number of hydrogen-bond acceptors (Lipinski definition) is 3. The van der Waals surface area contributed by atoms with E-state index >= 15 is 0 Å². The van der Waals surface area contributed by atoms with Gasteiger partial charge in [-0.2, -0.15) is 5.26 Å². The Morgan fingerprint density at radius 2 is 2.14 bits per heavy atom. The van der Waals surface area contributed by atoms with E-state index in [1.54, 1.807) is 13.0 Å². The van der Waals surface area contributed by atoms with Gasteiger partial charge in [-0.25, -0.2) is 4.39 Å². The standard InChI is InChI=1S/C9H9FN2O.ClH/c1-5(12)7-2-6(4-11)3-8(10)9(7)13;/h2-3,5,13H,12H2,1H3;1H/t5-;/m0./s1. The number of nitriles is 1. The highest BCUT2D eigenvalue weighted by Gasteiger charge is 2.12. The molecule has 0 saturated heterocycles. The van der Waals surface area contributed by atoms with Crippen LogP contribution in [0.15, 0.2) is 12.1 Å². The van der Waals surface area contributed by atoms with Crippen molar-refractivity contribution < 1.29 is 9.50 Å². The number of phenols is 1. The molecule has 3 nitrogen and oxygen atoms in total. The molecular weight excluding hydrogens is 207 g/mol. The minimum Gasteiger partial charge on any atom is -0.505 e. The Hall–Kier alpha value is -1.31. The lowest BCUT2D eigenvalue weighted by Crippen LogP contribution is -2.06. The van der Waals surface area contributed by atoms with E-state index in [2.05, 4.69) is 0 Å². The normalized spacial score (nSPS) is 11.3. The van der Waals surface area contributed by atoms with E-state index in [-0.39, 0.29) is 23.5 Å². The van der Waals surface area contributed by atoms with E-state index in [1.807, 2.05) is 0 Å². The van der Waals surface area contributed by atoms with Crippen molar-refractivity contribution in [1.29, 1.82) is 5.26 Å². The van der Waals surface area contributed by atoms with Crippen molar-refractivity contribution in [3.63, 3.8) is 0 Å². The van der Waals surface area contributed by atoms with Gasteiger partial charge in [0.05, 0.1) is 11.6 Å². The van der Waals surface area contributed by atoms with Crippen LogP contribution in [0.25, 0.3) is 0 Å². The number of benzene rings is 1. The molecule has 1 rings (SSSR count). The van der Waals surface area contributed by atoms with Crippen LogP contribution in [-0.4, -0.2) is 5.11 Å². The molecule has 0 amide bonds. The summed E-state index contributed by atoms with van der Waals surface area (Å²) in [6.07, 6.45) is 0. The van der Waals surface area contributed by atoms with Gasteiger partial charge in [0.25, 0.3) is 0 Å². The summed E-state index contributed by atoms with van der Waals surface area (Å²) in [6, 6.07) is 3.64. The van der Waals surface area contributed by atoms with E-state index in [9.17, 15) is 9.50 Å². The minimum absolute atomic E-state index is 0. The Labute approximate surface area is 87.4 Å². The Kier molecular flexibility index (Phi) is 4.35. The molecule has 1 aromatic carbocycles. The Balaban J connectivity index is 0.00000169. The van der Waals surface area contributed by atoms with Crippen molar-refractivity contribution in [2.75, 3.05) is 0 Å². The number of rotatable bonds is 1. The number of nitrogens with zero attached hydrogens (tertiary/aromatic N) is 1. The van der Waals surface area contributed by atoms with Gasteiger partial charge in [-0.05, 0) is 19.1 Å². The highest BCUT2D eigenvalue weighted by atomic mass is 35.5. The lowest BCUT2D eigenvalue weighted by atomic mass is 10.0. The summed E-state index contributed by atoms with van der Waals surface area (Å²) in [6.45, 7) is 1.61. The van der Waals surface area contributed by atoms with Gasteiger partial charge in [0.15, 0.2) is 11.6 Å². The molecule has 0 radical (unpaired) electrons. The maximum Gasteiger partial charge on any atom is 0.166 e. The van der Waals surface area contributed by atoms with Crippen molar-refractivity contribution in [3.05, 3.63) is 29.1 Å². The first-order valence-corrected chi connectivity index (χ1v) is 3.74. The van der Waals surface area contributed by atoms with Gasteiger partial charge in [-0.1, -0.05) is 0 Å². The highest BCUT2D eigenvalue weighted by Crippen LogP contribution is 2.26. The second kappa shape index (κ2) is 4.80. The van der Waals surface area contributed by atoms with Crippen molar-refractivity contribution in [1.82, 2.24) is 0 Å². The average Bonchev–Trinajstić information content (AvgIpc) is 2.09. The molecule has 0 aliphatic heterocycles. The van der Waals surface area contributed by atoms with E-state index in [4.69, 9.17) is 11.0 Å². The van der Waals surface area contributed by atoms with Gasteiger partial charge >= 0.3 is 0 Å². The lowest BCUT2D eigenvalue weighted by Gasteiger charge is -2.08. The largest absolute Gasteiger partial charge is 0.505 e. The minimum atomic E-state index is -0.814. The zero-order valence-electron chi connectivity index (χ0n) is 7.49. The van der Waals surface area contributed by atoms with E-state index in [0.29, 0.717) is 0 Å². The SMILES string of the molecule is C[C@H](N)c1cc(C#N)cc(F)c1O.Cl. The molecule has 0 heterocycles. The third kappa shape index (κ3) is 2.34. The summed E-state index contributed by atoms with van der Waals surface area (Å²) < 4.78 is 12.9. The third-order valence-corrected chi connectivity index (χ3v) is 1.71. The van der Waals surface area contributed by atoms with Crippen LogP contribution in [-0.2, 0) is 0 Å². The van der Waals surface area contributed by atoms with Crippen LogP contribution in [0.5, 0.6) is 5.75 Å². The van der Waals surface area contributed by atoms with E-state index < -0.39 is 17.6 Å². The van der Waals surface area contributed by atoms with Crippen LogP contribution in [0.3, 0.4) is 0 Å². The molecule has 1 aromatic rings. The first kappa shape index (κ1) is 12.7. The number of halogens is 2. The zero-order valence-corrected chi connectivity index (χ0v) is 8.31. The molecule has 0 fully saturated rings. The van der Waals surface area contributed by atoms with Crippen molar-refractivity contribution in [2.24, 2.45) is 5.73 Å². The van der Waals surface area contributed by atoms with Crippen LogP contribution >= 0.6 is 12.4 Å². The summed E-state index contributed by atoms with van der Waals surface area (Å²) in [5.74, 6) is -1.29. The molecule has 0 aliphatic rings. The predicted octanol–water partition coefficient (Wildman–Crippen LogP) is 1.84. The van der Waals surface area contributed by atoms with Crippen LogP contribution < -0.4 is 5.73 Å². The fraction of sp³-hybridized carbons (Fsp3) is 0.222. The summed E-state index contributed by atoms with van der Waals surface area (Å²) in [5, 5.41) is 17.7. The fourth-order valence-electron chi connectivity index (χ4n) is 1.03. The van der Waals surface area contributed by atoms with Gasteiger partial charge in [-0.15, -0.1) is 12.4 Å². The third-order valence-electron chi connectivity index (χ3n) is 1.71. The molecule has 3 N–H and O–H groups in total. The number of hydrogen-bond donors (Lipinski definition) is 2. The number of nitrogens with two attached hydrogens (primary N) is 1. The first-order chi connectivity index (χ1) is 6.06. The van der Waals surface area contributed by atoms with Gasteiger partial charge in [-0.3, -0.25) is 0 Å². The van der Waals surface area contributed by atoms with Gasteiger partial charge in [0.1, 0.15) is 0 Å². The summed E-state index contributed by atoms with van der Waals surface area (Å²) in [7, 11) is 0. The van der Waals surface area contributed by atoms with Crippen LogP contribution in [0, 0.1) is 17.1 Å². The smallest absolute Gasteiger partial charge is 0.166 e. The summed E-state index contributed by atoms with van der Waals surface area (Å²) in [4.78, 5) is 0. The molecule has 0 spiro atoms. The fourth-order valence-corrected chi connectivity index (χ4v) is 1.03. The molecule has 1 atom stereocenters. The van der Waals surface area contributed by atoms with Crippen molar-refractivity contribution in [2.45, 2.75) is 13.0 Å². The summed E-state index contributed by atoms with van der Waals surface area (Å²) >= 11 is 0.